The molecule has 0 saturated heterocycles. The van der Waals surface area contributed by atoms with Crippen molar-refractivity contribution >= 4 is 35.0 Å². The molecule has 7 nitrogen and oxygen atoms in total. The van der Waals surface area contributed by atoms with Crippen molar-refractivity contribution in [1.29, 1.82) is 0 Å². The maximum Gasteiger partial charge on any atom is 0.321 e. The molecule has 0 aliphatic carbocycles. The molecule has 9 heteroatoms. The molecule has 0 bridgehead atoms. The van der Waals surface area contributed by atoms with Gasteiger partial charge in [0.25, 0.3) is 0 Å². The van der Waals surface area contributed by atoms with Gasteiger partial charge in [0, 0.05) is 23.5 Å². The SMILES string of the molecule is CCn1c(SCC(=O)NC(=O)NCCc2cccs2)nnc1-c1ccc(C(C)(C)C)cc1. The normalized spacial score (nSPS) is 11.4. The number of imide groups is 1. The van der Waals surface area contributed by atoms with Crippen LogP contribution in [-0.2, 0) is 23.2 Å². The van der Waals surface area contributed by atoms with Crippen LogP contribution in [0.25, 0.3) is 11.4 Å². The first-order valence-corrected chi connectivity index (χ1v) is 12.4. The van der Waals surface area contributed by atoms with Crippen molar-refractivity contribution < 1.29 is 9.59 Å². The molecule has 170 valence electrons. The van der Waals surface area contributed by atoms with Gasteiger partial charge < -0.3 is 9.88 Å². The first kappa shape index (κ1) is 24.0. The van der Waals surface area contributed by atoms with Crippen molar-refractivity contribution in [1.82, 2.24) is 25.4 Å². The highest BCUT2D eigenvalue weighted by atomic mass is 32.2. The topological polar surface area (TPSA) is 88.9 Å². The maximum absolute atomic E-state index is 12.2. The van der Waals surface area contributed by atoms with Gasteiger partial charge in [-0.3, -0.25) is 10.1 Å². The Morgan fingerprint density at radius 2 is 1.88 bits per heavy atom. The van der Waals surface area contributed by atoms with Crippen molar-refractivity contribution in [2.24, 2.45) is 0 Å². The van der Waals surface area contributed by atoms with E-state index in [2.05, 4.69) is 65.9 Å². The Hall–Kier alpha value is -2.65. The standard InChI is InChI=1S/C23H29N5O2S2/c1-5-28-20(16-8-10-17(11-9-16)23(2,3)4)26-27-22(28)32-15-19(29)25-21(30)24-13-12-18-7-6-14-31-18/h6-11,14H,5,12-13,15H2,1-4H3,(H2,24,25,29,30). The zero-order valence-corrected chi connectivity index (χ0v) is 20.5. The van der Waals surface area contributed by atoms with Gasteiger partial charge in [-0.15, -0.1) is 21.5 Å². The van der Waals surface area contributed by atoms with Crippen LogP contribution in [0.1, 0.15) is 38.1 Å². The molecule has 0 unspecified atom stereocenters. The largest absolute Gasteiger partial charge is 0.337 e. The summed E-state index contributed by atoms with van der Waals surface area (Å²) in [7, 11) is 0. The number of benzene rings is 1. The van der Waals surface area contributed by atoms with Gasteiger partial charge in [-0.1, -0.05) is 62.9 Å². The van der Waals surface area contributed by atoms with Crippen molar-refractivity contribution in [3.05, 3.63) is 52.2 Å². The molecule has 0 atom stereocenters. The summed E-state index contributed by atoms with van der Waals surface area (Å²) in [6.07, 6.45) is 0.743. The van der Waals surface area contributed by atoms with E-state index in [4.69, 9.17) is 0 Å². The third-order valence-corrected chi connectivity index (χ3v) is 6.77. The molecule has 0 spiro atoms. The van der Waals surface area contributed by atoms with Gasteiger partial charge in [0.15, 0.2) is 11.0 Å². The number of carbonyl (C=O) groups is 2. The number of hydrogen-bond donors (Lipinski definition) is 2. The minimum absolute atomic E-state index is 0.0828. The van der Waals surface area contributed by atoms with Gasteiger partial charge in [0.05, 0.1) is 5.75 Å². The van der Waals surface area contributed by atoms with E-state index in [-0.39, 0.29) is 17.1 Å². The van der Waals surface area contributed by atoms with Crippen LogP contribution in [0, 0.1) is 0 Å². The smallest absolute Gasteiger partial charge is 0.321 e. The molecule has 3 rings (SSSR count). The summed E-state index contributed by atoms with van der Waals surface area (Å²) in [5.74, 6) is 0.479. The van der Waals surface area contributed by atoms with Gasteiger partial charge in [-0.25, -0.2) is 4.79 Å². The van der Waals surface area contributed by atoms with Crippen LogP contribution < -0.4 is 10.6 Å². The highest BCUT2D eigenvalue weighted by molar-refractivity contribution is 7.99. The van der Waals surface area contributed by atoms with E-state index in [1.165, 1.54) is 22.2 Å². The highest BCUT2D eigenvalue weighted by Crippen LogP contribution is 2.27. The lowest BCUT2D eigenvalue weighted by molar-refractivity contribution is -0.117. The number of aromatic nitrogens is 3. The quantitative estimate of drug-likeness (QED) is 0.473. The second-order valence-electron chi connectivity index (χ2n) is 8.30. The highest BCUT2D eigenvalue weighted by Gasteiger charge is 2.17. The third-order valence-electron chi connectivity index (χ3n) is 4.86. The number of rotatable bonds is 8. The summed E-state index contributed by atoms with van der Waals surface area (Å²) in [6, 6.07) is 11.8. The fourth-order valence-corrected chi connectivity index (χ4v) is 4.62. The fraction of sp³-hybridized carbons (Fsp3) is 0.391. The number of hydrogen-bond acceptors (Lipinski definition) is 6. The molecule has 3 amide bonds. The Morgan fingerprint density at radius 1 is 1.12 bits per heavy atom. The molecule has 2 N–H and O–H groups in total. The van der Waals surface area contributed by atoms with Crippen LogP contribution in [0.2, 0.25) is 0 Å². The van der Waals surface area contributed by atoms with Gasteiger partial charge in [0.1, 0.15) is 0 Å². The molecule has 32 heavy (non-hydrogen) atoms. The number of nitrogens with zero attached hydrogens (tertiary/aromatic N) is 3. The second-order valence-corrected chi connectivity index (χ2v) is 10.3. The third kappa shape index (κ3) is 6.43. The Balaban J connectivity index is 1.53. The number of nitrogens with one attached hydrogen (secondary N) is 2. The van der Waals surface area contributed by atoms with Gasteiger partial charge in [-0.05, 0) is 35.8 Å². The Bertz CT molecular complexity index is 1040. The van der Waals surface area contributed by atoms with Gasteiger partial charge in [0.2, 0.25) is 5.91 Å². The van der Waals surface area contributed by atoms with Crippen molar-refractivity contribution in [2.75, 3.05) is 12.3 Å². The number of amides is 3. The van der Waals surface area contributed by atoms with Crippen LogP contribution in [0.15, 0.2) is 46.9 Å². The number of urea groups is 1. The Labute approximate surface area is 197 Å². The summed E-state index contributed by atoms with van der Waals surface area (Å²) in [5, 5.41) is 16.3. The van der Waals surface area contributed by atoms with Crippen LogP contribution in [0.5, 0.6) is 0 Å². The van der Waals surface area contributed by atoms with E-state index < -0.39 is 6.03 Å². The summed E-state index contributed by atoms with van der Waals surface area (Å²) in [5.41, 5.74) is 2.32. The molecular weight excluding hydrogens is 442 g/mol. The zero-order valence-electron chi connectivity index (χ0n) is 18.8. The minimum Gasteiger partial charge on any atom is -0.337 e. The van der Waals surface area contributed by atoms with E-state index in [1.54, 1.807) is 11.3 Å². The van der Waals surface area contributed by atoms with E-state index in [9.17, 15) is 9.59 Å². The lowest BCUT2D eigenvalue weighted by Crippen LogP contribution is -2.41. The minimum atomic E-state index is -0.483. The van der Waals surface area contributed by atoms with Gasteiger partial charge in [-0.2, -0.15) is 0 Å². The maximum atomic E-state index is 12.2. The summed E-state index contributed by atoms with van der Waals surface area (Å²) in [4.78, 5) is 25.3. The Kier molecular flexibility index (Phi) is 8.09. The molecule has 0 saturated carbocycles. The first-order chi connectivity index (χ1) is 15.3. The zero-order chi connectivity index (χ0) is 23.1. The predicted octanol–water partition coefficient (Wildman–Crippen LogP) is 4.48. The molecule has 0 aliphatic rings. The van der Waals surface area contributed by atoms with Crippen molar-refractivity contribution in [3.8, 4) is 11.4 Å². The van der Waals surface area contributed by atoms with Crippen molar-refractivity contribution in [3.63, 3.8) is 0 Å². The van der Waals surface area contributed by atoms with Gasteiger partial charge >= 0.3 is 6.03 Å². The second kappa shape index (κ2) is 10.8. The lowest BCUT2D eigenvalue weighted by atomic mass is 9.87. The number of carbonyl (C=O) groups excluding carboxylic acids is 2. The van der Waals surface area contributed by atoms with Crippen LogP contribution in [0.4, 0.5) is 4.79 Å². The Morgan fingerprint density at radius 3 is 2.50 bits per heavy atom. The van der Waals surface area contributed by atoms with Crippen molar-refractivity contribution in [2.45, 2.75) is 51.2 Å². The lowest BCUT2D eigenvalue weighted by Gasteiger charge is -2.19. The molecule has 2 heterocycles. The average Bonchev–Trinajstić information content (AvgIpc) is 3.41. The van der Waals surface area contributed by atoms with E-state index in [1.807, 2.05) is 29.0 Å². The van der Waals surface area contributed by atoms with E-state index >= 15 is 0 Å². The molecule has 0 radical (unpaired) electrons. The summed E-state index contributed by atoms with van der Waals surface area (Å²) >= 11 is 2.91. The summed E-state index contributed by atoms with van der Waals surface area (Å²) in [6.45, 7) is 9.72. The average molecular weight is 472 g/mol. The monoisotopic (exact) mass is 471 g/mol. The molecule has 2 aromatic heterocycles. The molecule has 0 fully saturated rings. The number of thioether (sulfide) groups is 1. The molecular formula is C23H29N5O2S2. The van der Waals surface area contributed by atoms with E-state index in [0.29, 0.717) is 18.2 Å². The van der Waals surface area contributed by atoms with Crippen LogP contribution in [0.3, 0.4) is 0 Å². The van der Waals surface area contributed by atoms with Crippen LogP contribution >= 0.6 is 23.1 Å². The first-order valence-electron chi connectivity index (χ1n) is 10.5. The summed E-state index contributed by atoms with van der Waals surface area (Å²) < 4.78 is 1.98. The number of thiophene rings is 1. The molecule has 3 aromatic rings. The predicted molar refractivity (Wildman–Crippen MR) is 130 cm³/mol. The van der Waals surface area contributed by atoms with E-state index in [0.717, 1.165) is 17.8 Å². The fourth-order valence-electron chi connectivity index (χ4n) is 3.10. The van der Waals surface area contributed by atoms with Crippen LogP contribution in [-0.4, -0.2) is 39.0 Å². The molecule has 1 aromatic carbocycles. The molecule has 0 aliphatic heterocycles.